The Bertz CT molecular complexity index is 1120. The van der Waals surface area contributed by atoms with Gasteiger partial charge < -0.3 is 15.1 Å². The number of furan rings is 1. The van der Waals surface area contributed by atoms with Crippen LogP contribution in [0.4, 0.5) is 4.39 Å². The summed E-state index contributed by atoms with van der Waals surface area (Å²) in [6, 6.07) is 16.6. The summed E-state index contributed by atoms with van der Waals surface area (Å²) in [4.78, 5) is 24.2. The van der Waals surface area contributed by atoms with Gasteiger partial charge in [-0.15, -0.1) is 0 Å². The third-order valence-corrected chi connectivity index (χ3v) is 6.44. The largest absolute Gasteiger partial charge is 0.468 e. The summed E-state index contributed by atoms with van der Waals surface area (Å²) in [5.74, 6) is -2.42. The monoisotopic (exact) mass is 430 g/mol. The van der Waals surface area contributed by atoms with Crippen molar-refractivity contribution < 1.29 is 26.8 Å². The third-order valence-electron chi connectivity index (χ3n) is 4.36. The fraction of sp³-hybridized carbons (Fsp3) is 0.143. The zero-order chi connectivity index (χ0) is 21.6. The van der Waals surface area contributed by atoms with Crippen molar-refractivity contribution >= 4 is 21.7 Å². The van der Waals surface area contributed by atoms with Crippen molar-refractivity contribution in [2.45, 2.75) is 16.7 Å². The lowest BCUT2D eigenvalue weighted by Crippen LogP contribution is -2.42. The van der Waals surface area contributed by atoms with Crippen molar-refractivity contribution in [1.29, 1.82) is 0 Å². The molecule has 2 N–H and O–H groups in total. The van der Waals surface area contributed by atoms with Gasteiger partial charge in [-0.3, -0.25) is 9.59 Å². The number of halogens is 1. The van der Waals surface area contributed by atoms with Crippen LogP contribution < -0.4 is 10.6 Å². The second-order valence-corrected chi connectivity index (χ2v) is 8.48. The summed E-state index contributed by atoms with van der Waals surface area (Å²) in [7, 11) is -3.90. The molecule has 2 aromatic carbocycles. The average Bonchev–Trinajstić information content (AvgIpc) is 3.27. The zero-order valence-corrected chi connectivity index (χ0v) is 16.6. The van der Waals surface area contributed by atoms with Crippen LogP contribution in [0, 0.1) is 5.82 Å². The van der Waals surface area contributed by atoms with Crippen molar-refractivity contribution in [3.63, 3.8) is 0 Å². The smallest absolute Gasteiger partial charge is 0.309 e. The molecule has 0 unspecified atom stereocenters. The van der Waals surface area contributed by atoms with E-state index in [4.69, 9.17) is 4.42 Å². The van der Waals surface area contributed by atoms with Crippen LogP contribution in [0.3, 0.4) is 0 Å². The van der Waals surface area contributed by atoms with Crippen molar-refractivity contribution in [2.75, 3.05) is 6.54 Å². The highest BCUT2D eigenvalue weighted by Crippen LogP contribution is 2.28. The van der Waals surface area contributed by atoms with E-state index in [1.54, 1.807) is 24.3 Å². The number of carbonyl (C=O) groups is 2. The van der Waals surface area contributed by atoms with E-state index < -0.39 is 32.7 Å². The van der Waals surface area contributed by atoms with Crippen LogP contribution in [-0.4, -0.2) is 26.8 Å². The molecular weight excluding hydrogens is 411 g/mol. The molecule has 9 heteroatoms. The first kappa shape index (κ1) is 21.3. The molecule has 0 aliphatic carbocycles. The van der Waals surface area contributed by atoms with E-state index in [9.17, 15) is 22.4 Å². The first-order chi connectivity index (χ1) is 14.4. The number of rotatable bonds is 7. The van der Waals surface area contributed by atoms with Crippen LogP contribution in [0.1, 0.15) is 16.6 Å². The number of hydrogen-bond acceptors (Lipinski definition) is 5. The normalized spacial score (nSPS) is 12.2. The van der Waals surface area contributed by atoms with Gasteiger partial charge >= 0.3 is 11.8 Å². The van der Waals surface area contributed by atoms with Crippen molar-refractivity contribution in [1.82, 2.24) is 10.6 Å². The fourth-order valence-electron chi connectivity index (χ4n) is 2.78. The Morgan fingerprint density at radius 1 is 0.900 bits per heavy atom. The predicted molar refractivity (Wildman–Crippen MR) is 106 cm³/mol. The molecule has 0 bridgehead atoms. The summed E-state index contributed by atoms with van der Waals surface area (Å²) in [5.41, 5.74) is 0.221. The summed E-state index contributed by atoms with van der Waals surface area (Å²) in [6.45, 7) is -0.556. The summed E-state index contributed by atoms with van der Waals surface area (Å²) >= 11 is 0. The van der Waals surface area contributed by atoms with Crippen molar-refractivity contribution in [3.05, 3.63) is 90.1 Å². The van der Waals surface area contributed by atoms with E-state index in [1.807, 2.05) is 0 Å². The molecule has 1 aromatic heterocycles. The lowest BCUT2D eigenvalue weighted by molar-refractivity contribution is -0.139. The summed E-state index contributed by atoms with van der Waals surface area (Å²) < 4.78 is 44.9. The second-order valence-electron chi connectivity index (χ2n) is 6.35. The van der Waals surface area contributed by atoms with Crippen LogP contribution in [0.2, 0.25) is 0 Å². The molecule has 0 aliphatic heterocycles. The maximum absolute atomic E-state index is 13.6. The molecule has 0 saturated carbocycles. The summed E-state index contributed by atoms with van der Waals surface area (Å²) in [5, 5.41) is 3.39. The van der Waals surface area contributed by atoms with Gasteiger partial charge in [-0.25, -0.2) is 12.8 Å². The van der Waals surface area contributed by atoms with E-state index in [1.165, 1.54) is 48.7 Å². The van der Waals surface area contributed by atoms with Gasteiger partial charge in [0.25, 0.3) is 0 Å². The van der Waals surface area contributed by atoms with Gasteiger partial charge in [0.05, 0.1) is 11.2 Å². The summed E-state index contributed by atoms with van der Waals surface area (Å²) in [6.07, 6.45) is 1.33. The van der Waals surface area contributed by atoms with E-state index >= 15 is 0 Å². The van der Waals surface area contributed by atoms with Crippen LogP contribution in [0.5, 0.6) is 0 Å². The maximum Gasteiger partial charge on any atom is 0.309 e. The van der Waals surface area contributed by atoms with Gasteiger partial charge in [0, 0.05) is 18.7 Å². The highest BCUT2D eigenvalue weighted by Gasteiger charge is 2.32. The molecule has 0 radical (unpaired) electrons. The SMILES string of the molecule is O=C(NCc1ccccc1F)C(=O)NC[C@@H](c1ccco1)S(=O)(=O)c1ccccc1. The standard InChI is InChI=1S/C21H19FN2O5S/c22-17-10-5-4-7-15(17)13-23-20(25)21(26)24-14-19(18-11-6-12-29-18)30(27,28)16-8-2-1-3-9-16/h1-12,19H,13-14H2,(H,23,25)(H,24,26)/t19-/m0/s1. The fourth-order valence-corrected chi connectivity index (χ4v) is 4.38. The van der Waals surface area contributed by atoms with Gasteiger partial charge in [0.2, 0.25) is 0 Å². The minimum Gasteiger partial charge on any atom is -0.468 e. The van der Waals surface area contributed by atoms with E-state index in [0.29, 0.717) is 0 Å². The molecular formula is C21H19FN2O5S. The number of benzene rings is 2. The number of amides is 2. The quantitative estimate of drug-likeness (QED) is 0.560. The molecule has 0 fully saturated rings. The number of carbonyl (C=O) groups excluding carboxylic acids is 2. The minimum absolute atomic E-state index is 0.0599. The molecule has 3 rings (SSSR count). The van der Waals surface area contributed by atoms with Crippen LogP contribution >= 0.6 is 0 Å². The number of hydrogen-bond donors (Lipinski definition) is 2. The van der Waals surface area contributed by atoms with Gasteiger partial charge in [-0.2, -0.15) is 0 Å². The second kappa shape index (κ2) is 9.36. The molecule has 156 valence electrons. The highest BCUT2D eigenvalue weighted by molar-refractivity contribution is 7.91. The Morgan fingerprint density at radius 3 is 2.23 bits per heavy atom. The highest BCUT2D eigenvalue weighted by atomic mass is 32.2. The number of nitrogens with one attached hydrogen (secondary N) is 2. The molecule has 30 heavy (non-hydrogen) atoms. The Kier molecular flexibility index (Phi) is 6.63. The van der Waals surface area contributed by atoms with E-state index in [0.717, 1.165) is 0 Å². The van der Waals surface area contributed by atoms with Crippen LogP contribution in [0.15, 0.2) is 82.3 Å². The van der Waals surface area contributed by atoms with Gasteiger partial charge in [0.1, 0.15) is 16.8 Å². The van der Waals surface area contributed by atoms with Crippen LogP contribution in [0.25, 0.3) is 0 Å². The van der Waals surface area contributed by atoms with Crippen molar-refractivity contribution in [2.24, 2.45) is 0 Å². The third kappa shape index (κ3) is 4.93. The molecule has 1 heterocycles. The van der Waals surface area contributed by atoms with Gasteiger partial charge in [0.15, 0.2) is 9.84 Å². The molecule has 0 spiro atoms. The molecule has 2 amide bonds. The molecule has 1 atom stereocenters. The van der Waals surface area contributed by atoms with Gasteiger partial charge in [-0.1, -0.05) is 36.4 Å². The maximum atomic E-state index is 13.6. The zero-order valence-electron chi connectivity index (χ0n) is 15.7. The Labute approximate surface area is 172 Å². The number of sulfone groups is 1. The van der Waals surface area contributed by atoms with E-state index in [-0.39, 0.29) is 29.3 Å². The van der Waals surface area contributed by atoms with E-state index in [2.05, 4.69) is 10.6 Å². The molecule has 0 saturated heterocycles. The Morgan fingerprint density at radius 2 is 1.57 bits per heavy atom. The molecule has 3 aromatic rings. The lowest BCUT2D eigenvalue weighted by atomic mass is 10.2. The minimum atomic E-state index is -3.90. The molecule has 0 aliphatic rings. The van der Waals surface area contributed by atoms with Crippen molar-refractivity contribution in [3.8, 4) is 0 Å². The first-order valence-corrected chi connectivity index (χ1v) is 10.6. The van der Waals surface area contributed by atoms with Gasteiger partial charge in [-0.05, 0) is 30.3 Å². The topological polar surface area (TPSA) is 105 Å². The Balaban J connectivity index is 1.68. The lowest BCUT2D eigenvalue weighted by Gasteiger charge is -2.16. The molecule has 7 nitrogen and oxygen atoms in total. The predicted octanol–water partition coefficient (Wildman–Crippen LogP) is 2.37. The first-order valence-electron chi connectivity index (χ1n) is 9.01. The Hall–Kier alpha value is -3.46. The van der Waals surface area contributed by atoms with Crippen LogP contribution in [-0.2, 0) is 26.0 Å². The average molecular weight is 430 g/mol.